The first-order chi connectivity index (χ1) is 7.82. The third kappa shape index (κ3) is 4.33. The molecule has 0 aliphatic carbocycles. The average Bonchev–Trinajstić information content (AvgIpc) is 2.24. The standard InChI is InChI=1S/C8H9ClF3N3O2/c9-7-14-5(8(10,11)12)1-6(15-7)13-2-4(17)3-16/h1,4,16-17H,2-3H2,(H,13,14,15). The van der Waals surface area contributed by atoms with E-state index in [1.165, 1.54) is 0 Å². The van der Waals surface area contributed by atoms with Crippen LogP contribution in [0.4, 0.5) is 19.0 Å². The summed E-state index contributed by atoms with van der Waals surface area (Å²) in [5.74, 6) is -0.176. The zero-order chi connectivity index (χ0) is 13.1. The van der Waals surface area contributed by atoms with Crippen LogP contribution in [0.2, 0.25) is 5.28 Å². The van der Waals surface area contributed by atoms with Crippen LogP contribution in [0.3, 0.4) is 0 Å². The Labute approximate surface area is 99.3 Å². The van der Waals surface area contributed by atoms with Gasteiger partial charge in [-0.2, -0.15) is 13.2 Å². The lowest BCUT2D eigenvalue weighted by Crippen LogP contribution is -2.23. The quantitative estimate of drug-likeness (QED) is 0.710. The van der Waals surface area contributed by atoms with Crippen LogP contribution in [0.25, 0.3) is 0 Å². The van der Waals surface area contributed by atoms with Crippen LogP contribution >= 0.6 is 11.6 Å². The van der Waals surface area contributed by atoms with Gasteiger partial charge < -0.3 is 15.5 Å². The molecule has 1 aromatic rings. The summed E-state index contributed by atoms with van der Waals surface area (Å²) in [6, 6.07) is 0.663. The number of aliphatic hydroxyl groups is 2. The molecule has 3 N–H and O–H groups in total. The Bertz CT molecular complexity index is 389. The van der Waals surface area contributed by atoms with E-state index in [4.69, 9.17) is 21.8 Å². The summed E-state index contributed by atoms with van der Waals surface area (Å²) in [6.45, 7) is -0.668. The molecule has 0 spiro atoms. The number of hydrogen-bond donors (Lipinski definition) is 3. The summed E-state index contributed by atoms with van der Waals surface area (Å²) in [4.78, 5) is 6.53. The predicted molar refractivity (Wildman–Crippen MR) is 53.6 cm³/mol. The topological polar surface area (TPSA) is 78.3 Å². The molecular weight excluding hydrogens is 263 g/mol. The van der Waals surface area contributed by atoms with E-state index in [0.717, 1.165) is 0 Å². The van der Waals surface area contributed by atoms with Gasteiger partial charge in [-0.25, -0.2) is 9.97 Å². The fourth-order valence-corrected chi connectivity index (χ4v) is 1.12. The summed E-state index contributed by atoms with van der Waals surface area (Å²) in [5, 5.41) is 19.4. The summed E-state index contributed by atoms with van der Waals surface area (Å²) in [5.41, 5.74) is -1.18. The SMILES string of the molecule is OCC(O)CNc1cc(C(F)(F)F)nc(Cl)n1. The van der Waals surface area contributed by atoms with E-state index in [2.05, 4.69) is 15.3 Å². The predicted octanol–water partition coefficient (Wildman–Crippen LogP) is 0.914. The first-order valence-electron chi connectivity index (χ1n) is 4.47. The highest BCUT2D eigenvalue weighted by atomic mass is 35.5. The maximum Gasteiger partial charge on any atom is 0.433 e. The maximum absolute atomic E-state index is 12.3. The fourth-order valence-electron chi connectivity index (χ4n) is 0.941. The van der Waals surface area contributed by atoms with E-state index in [0.29, 0.717) is 6.07 Å². The van der Waals surface area contributed by atoms with Crippen molar-refractivity contribution in [3.05, 3.63) is 17.0 Å². The number of halogens is 4. The van der Waals surface area contributed by atoms with E-state index in [1.54, 1.807) is 0 Å². The van der Waals surface area contributed by atoms with Crippen molar-refractivity contribution in [2.75, 3.05) is 18.5 Å². The van der Waals surface area contributed by atoms with E-state index in [1.807, 2.05) is 0 Å². The van der Waals surface area contributed by atoms with Crippen molar-refractivity contribution in [1.29, 1.82) is 0 Å². The monoisotopic (exact) mass is 271 g/mol. The van der Waals surface area contributed by atoms with Crippen molar-refractivity contribution in [3.63, 3.8) is 0 Å². The Hall–Kier alpha value is -1.12. The van der Waals surface area contributed by atoms with Gasteiger partial charge >= 0.3 is 6.18 Å². The second-order valence-electron chi connectivity index (χ2n) is 3.12. The highest BCUT2D eigenvalue weighted by molar-refractivity contribution is 6.28. The Kier molecular flexibility index (Phi) is 4.49. The highest BCUT2D eigenvalue weighted by Crippen LogP contribution is 2.29. The van der Waals surface area contributed by atoms with Gasteiger partial charge in [-0.05, 0) is 11.6 Å². The number of alkyl halides is 3. The van der Waals surface area contributed by atoms with Crippen molar-refractivity contribution in [3.8, 4) is 0 Å². The van der Waals surface area contributed by atoms with Crippen LogP contribution in [0.1, 0.15) is 5.69 Å². The lowest BCUT2D eigenvalue weighted by molar-refractivity contribution is -0.141. The van der Waals surface area contributed by atoms with Crippen LogP contribution in [-0.2, 0) is 6.18 Å². The van der Waals surface area contributed by atoms with Gasteiger partial charge in [0.25, 0.3) is 0 Å². The van der Waals surface area contributed by atoms with Crippen molar-refractivity contribution < 1.29 is 23.4 Å². The number of aromatic nitrogens is 2. The van der Waals surface area contributed by atoms with Gasteiger partial charge in [-0.1, -0.05) is 0 Å². The number of nitrogens with one attached hydrogen (secondary N) is 1. The van der Waals surface area contributed by atoms with E-state index in [9.17, 15) is 13.2 Å². The molecule has 0 radical (unpaired) electrons. The minimum absolute atomic E-state index is 0.152. The molecule has 0 aromatic carbocycles. The Morgan fingerprint density at radius 3 is 2.59 bits per heavy atom. The molecule has 1 rings (SSSR count). The molecule has 0 amide bonds. The molecule has 0 saturated heterocycles. The molecule has 0 aliphatic heterocycles. The van der Waals surface area contributed by atoms with E-state index in [-0.39, 0.29) is 12.4 Å². The number of hydrogen-bond acceptors (Lipinski definition) is 5. The van der Waals surface area contributed by atoms with Gasteiger partial charge in [-0.15, -0.1) is 0 Å². The number of anilines is 1. The number of aliphatic hydroxyl groups excluding tert-OH is 2. The minimum Gasteiger partial charge on any atom is -0.394 e. The summed E-state index contributed by atoms with van der Waals surface area (Å²) in [7, 11) is 0. The lowest BCUT2D eigenvalue weighted by atomic mass is 10.3. The number of nitrogens with zero attached hydrogens (tertiary/aromatic N) is 2. The van der Waals surface area contributed by atoms with Gasteiger partial charge in [0, 0.05) is 12.6 Å². The van der Waals surface area contributed by atoms with Crippen LogP contribution in [0.15, 0.2) is 6.07 Å². The third-order valence-electron chi connectivity index (χ3n) is 1.72. The summed E-state index contributed by atoms with van der Waals surface area (Å²) < 4.78 is 37.0. The van der Waals surface area contributed by atoms with Crippen molar-refractivity contribution in [2.45, 2.75) is 12.3 Å². The number of rotatable bonds is 4. The molecule has 1 unspecified atom stereocenters. The van der Waals surface area contributed by atoms with Crippen molar-refractivity contribution >= 4 is 17.4 Å². The van der Waals surface area contributed by atoms with Gasteiger partial charge in [-0.3, -0.25) is 0 Å². The molecule has 1 heterocycles. The first-order valence-corrected chi connectivity index (χ1v) is 4.85. The van der Waals surface area contributed by atoms with Crippen LogP contribution in [0.5, 0.6) is 0 Å². The van der Waals surface area contributed by atoms with E-state index < -0.39 is 29.9 Å². The van der Waals surface area contributed by atoms with E-state index >= 15 is 0 Å². The molecule has 1 atom stereocenters. The zero-order valence-corrected chi connectivity index (χ0v) is 9.13. The molecule has 0 bridgehead atoms. The molecule has 0 fully saturated rings. The molecule has 17 heavy (non-hydrogen) atoms. The second kappa shape index (κ2) is 5.48. The zero-order valence-electron chi connectivity index (χ0n) is 8.37. The Balaban J connectivity index is 2.83. The van der Waals surface area contributed by atoms with Crippen LogP contribution in [-0.4, -0.2) is 39.4 Å². The van der Waals surface area contributed by atoms with Gasteiger partial charge in [0.15, 0.2) is 5.69 Å². The van der Waals surface area contributed by atoms with Crippen molar-refractivity contribution in [2.24, 2.45) is 0 Å². The normalized spacial score (nSPS) is 13.5. The van der Waals surface area contributed by atoms with Gasteiger partial charge in [0.2, 0.25) is 5.28 Å². The Morgan fingerprint density at radius 2 is 2.06 bits per heavy atom. The molecule has 9 heteroatoms. The summed E-state index contributed by atoms with van der Waals surface area (Å²) >= 11 is 5.33. The first kappa shape index (κ1) is 13.9. The van der Waals surface area contributed by atoms with Gasteiger partial charge in [0.1, 0.15) is 5.82 Å². The van der Waals surface area contributed by atoms with Crippen LogP contribution in [0, 0.1) is 0 Å². The molecule has 0 saturated carbocycles. The molecule has 1 aromatic heterocycles. The maximum atomic E-state index is 12.3. The van der Waals surface area contributed by atoms with Crippen molar-refractivity contribution in [1.82, 2.24) is 9.97 Å². The lowest BCUT2D eigenvalue weighted by Gasteiger charge is -2.11. The third-order valence-corrected chi connectivity index (χ3v) is 1.89. The average molecular weight is 272 g/mol. The minimum atomic E-state index is -4.63. The van der Waals surface area contributed by atoms with Gasteiger partial charge in [0.05, 0.1) is 12.7 Å². The highest BCUT2D eigenvalue weighted by Gasteiger charge is 2.33. The molecule has 96 valence electrons. The largest absolute Gasteiger partial charge is 0.433 e. The smallest absolute Gasteiger partial charge is 0.394 e. The van der Waals surface area contributed by atoms with Crippen LogP contribution < -0.4 is 5.32 Å². The fraction of sp³-hybridized carbons (Fsp3) is 0.500. The molecule has 0 aliphatic rings. The Morgan fingerprint density at radius 1 is 1.41 bits per heavy atom. The summed E-state index contributed by atoms with van der Waals surface area (Å²) in [6.07, 6.45) is -5.73. The molecule has 5 nitrogen and oxygen atoms in total. The second-order valence-corrected chi connectivity index (χ2v) is 3.46. The molecular formula is C8H9ClF3N3O2.